The second kappa shape index (κ2) is 5.08. The van der Waals surface area contributed by atoms with Gasteiger partial charge >= 0.3 is 0 Å². The van der Waals surface area contributed by atoms with Gasteiger partial charge in [0.25, 0.3) is 5.69 Å². The third kappa shape index (κ3) is 2.46. The topological polar surface area (TPSA) is 94.6 Å². The Morgan fingerprint density at radius 1 is 1.33 bits per heavy atom. The van der Waals surface area contributed by atoms with E-state index >= 15 is 0 Å². The monoisotopic (exact) mass is 285 g/mol. The molecule has 106 valence electrons. The second-order valence-electron chi connectivity index (χ2n) is 4.24. The van der Waals surface area contributed by atoms with Crippen LogP contribution in [0.4, 0.5) is 17.2 Å². The van der Waals surface area contributed by atoms with Crippen molar-refractivity contribution in [1.29, 1.82) is 0 Å². The molecule has 0 fully saturated rings. The van der Waals surface area contributed by atoms with Crippen LogP contribution in [0.1, 0.15) is 0 Å². The van der Waals surface area contributed by atoms with Gasteiger partial charge in [-0.05, 0) is 12.1 Å². The van der Waals surface area contributed by atoms with Gasteiger partial charge < -0.3 is 10.1 Å². The fourth-order valence-corrected chi connectivity index (χ4v) is 1.95. The molecule has 0 aliphatic heterocycles. The van der Waals surface area contributed by atoms with Crippen molar-refractivity contribution in [2.75, 3.05) is 12.4 Å². The number of fused-ring (bicyclic) bond motifs is 1. The van der Waals surface area contributed by atoms with Crippen LogP contribution in [-0.4, -0.2) is 26.6 Å². The Bertz CT molecular complexity index is 814. The van der Waals surface area contributed by atoms with E-state index in [9.17, 15) is 10.1 Å². The summed E-state index contributed by atoms with van der Waals surface area (Å²) in [5.41, 5.74) is 1.49. The lowest BCUT2D eigenvalue weighted by molar-refractivity contribution is -0.384. The zero-order valence-electron chi connectivity index (χ0n) is 11.1. The van der Waals surface area contributed by atoms with E-state index in [0.717, 1.165) is 5.52 Å². The van der Waals surface area contributed by atoms with Crippen molar-refractivity contribution in [1.82, 2.24) is 14.6 Å². The van der Waals surface area contributed by atoms with E-state index in [1.54, 1.807) is 16.9 Å². The number of methoxy groups -OCH3 is 1. The molecule has 0 unspecified atom stereocenters. The summed E-state index contributed by atoms with van der Waals surface area (Å²) in [7, 11) is 1.54. The van der Waals surface area contributed by atoms with Gasteiger partial charge in [0.1, 0.15) is 5.82 Å². The Hall–Kier alpha value is -3.16. The zero-order chi connectivity index (χ0) is 14.8. The molecular formula is C13H11N5O3. The summed E-state index contributed by atoms with van der Waals surface area (Å²) < 4.78 is 6.96. The van der Waals surface area contributed by atoms with Crippen molar-refractivity contribution < 1.29 is 9.66 Å². The third-order valence-electron chi connectivity index (χ3n) is 2.94. The Kier molecular flexibility index (Phi) is 3.11. The Balaban J connectivity index is 2.00. The molecule has 3 rings (SSSR count). The summed E-state index contributed by atoms with van der Waals surface area (Å²) in [6.07, 6.45) is 4.77. The molecule has 0 saturated heterocycles. The van der Waals surface area contributed by atoms with Crippen LogP contribution in [0, 0.1) is 10.1 Å². The first kappa shape index (κ1) is 12.9. The molecule has 0 atom stereocenters. The Morgan fingerprint density at radius 2 is 2.19 bits per heavy atom. The number of ether oxygens (including phenoxy) is 1. The molecule has 0 bridgehead atoms. The van der Waals surface area contributed by atoms with Crippen molar-refractivity contribution in [3.63, 3.8) is 0 Å². The first-order chi connectivity index (χ1) is 10.2. The van der Waals surface area contributed by atoms with Crippen LogP contribution in [0.15, 0.2) is 42.9 Å². The molecule has 0 spiro atoms. The Morgan fingerprint density at radius 3 is 2.95 bits per heavy atom. The van der Waals surface area contributed by atoms with Gasteiger partial charge in [0.05, 0.1) is 35.5 Å². The summed E-state index contributed by atoms with van der Waals surface area (Å²) in [5, 5.41) is 17.9. The number of pyridine rings is 2. The molecule has 0 aromatic carbocycles. The van der Waals surface area contributed by atoms with E-state index in [-0.39, 0.29) is 5.69 Å². The average molecular weight is 285 g/mol. The highest BCUT2D eigenvalue weighted by Crippen LogP contribution is 2.29. The minimum Gasteiger partial charge on any atom is -0.493 e. The van der Waals surface area contributed by atoms with Crippen LogP contribution in [0.25, 0.3) is 5.52 Å². The lowest BCUT2D eigenvalue weighted by Gasteiger charge is -2.11. The standard InChI is InChI=1S/C13H11N5O3/c1-21-12-8-17-9(3-5-15-17)6-11(12)16-13-7-10(18(19)20)2-4-14-13/h2-8H,1H3,(H,14,16). The summed E-state index contributed by atoms with van der Waals surface area (Å²) in [5.74, 6) is 0.922. The van der Waals surface area contributed by atoms with E-state index in [2.05, 4.69) is 15.4 Å². The lowest BCUT2D eigenvalue weighted by atomic mass is 10.3. The molecule has 1 N–H and O–H groups in total. The molecule has 0 aliphatic rings. The molecule has 3 aromatic rings. The van der Waals surface area contributed by atoms with Gasteiger partial charge in [0.15, 0.2) is 5.75 Å². The van der Waals surface area contributed by atoms with Crippen molar-refractivity contribution in [3.8, 4) is 5.75 Å². The minimum absolute atomic E-state index is 0.0307. The van der Waals surface area contributed by atoms with Gasteiger partial charge in [-0.15, -0.1) is 0 Å². The molecule has 3 aromatic heterocycles. The van der Waals surface area contributed by atoms with E-state index in [0.29, 0.717) is 17.3 Å². The second-order valence-corrected chi connectivity index (χ2v) is 4.24. The molecule has 8 heteroatoms. The van der Waals surface area contributed by atoms with Crippen LogP contribution < -0.4 is 10.1 Å². The fourth-order valence-electron chi connectivity index (χ4n) is 1.95. The van der Waals surface area contributed by atoms with Gasteiger partial charge in [-0.3, -0.25) is 10.1 Å². The number of nitrogens with zero attached hydrogens (tertiary/aromatic N) is 4. The van der Waals surface area contributed by atoms with Crippen LogP contribution in [0.2, 0.25) is 0 Å². The van der Waals surface area contributed by atoms with Gasteiger partial charge in [0, 0.05) is 18.5 Å². The van der Waals surface area contributed by atoms with Crippen LogP contribution in [0.3, 0.4) is 0 Å². The van der Waals surface area contributed by atoms with Crippen LogP contribution >= 0.6 is 0 Å². The molecule has 0 aliphatic carbocycles. The molecule has 0 saturated carbocycles. The lowest BCUT2D eigenvalue weighted by Crippen LogP contribution is -2.00. The molecular weight excluding hydrogens is 274 g/mol. The maximum absolute atomic E-state index is 10.8. The Labute approximate surface area is 119 Å². The van der Waals surface area contributed by atoms with Crippen molar-refractivity contribution >= 4 is 22.7 Å². The highest BCUT2D eigenvalue weighted by Gasteiger charge is 2.10. The summed E-state index contributed by atoms with van der Waals surface area (Å²) in [4.78, 5) is 14.4. The predicted molar refractivity (Wildman–Crippen MR) is 75.9 cm³/mol. The molecule has 0 amide bonds. The summed E-state index contributed by atoms with van der Waals surface area (Å²) in [6.45, 7) is 0. The largest absolute Gasteiger partial charge is 0.493 e. The number of nitrogens with one attached hydrogen (secondary N) is 1. The third-order valence-corrected chi connectivity index (χ3v) is 2.94. The quantitative estimate of drug-likeness (QED) is 0.584. The number of nitro groups is 1. The minimum atomic E-state index is -0.468. The van der Waals surface area contributed by atoms with Gasteiger partial charge in [-0.25, -0.2) is 9.50 Å². The van der Waals surface area contributed by atoms with Crippen molar-refractivity contribution in [3.05, 3.63) is 53.0 Å². The van der Waals surface area contributed by atoms with Crippen molar-refractivity contribution in [2.45, 2.75) is 0 Å². The van der Waals surface area contributed by atoms with Crippen LogP contribution in [-0.2, 0) is 0 Å². The van der Waals surface area contributed by atoms with E-state index in [1.807, 2.05) is 12.1 Å². The number of aromatic nitrogens is 3. The number of anilines is 2. The molecule has 8 nitrogen and oxygen atoms in total. The SMILES string of the molecule is COc1cn2nccc2cc1Nc1cc([N+](=O)[O-])ccn1. The average Bonchev–Trinajstić information content (AvgIpc) is 2.93. The highest BCUT2D eigenvalue weighted by atomic mass is 16.6. The first-order valence-electron chi connectivity index (χ1n) is 6.06. The van der Waals surface area contributed by atoms with Gasteiger partial charge in [-0.1, -0.05) is 0 Å². The molecule has 0 radical (unpaired) electrons. The summed E-state index contributed by atoms with van der Waals surface area (Å²) in [6, 6.07) is 6.36. The van der Waals surface area contributed by atoms with Crippen LogP contribution in [0.5, 0.6) is 5.75 Å². The normalized spacial score (nSPS) is 10.5. The van der Waals surface area contributed by atoms with Gasteiger partial charge in [-0.2, -0.15) is 5.10 Å². The van der Waals surface area contributed by atoms with Crippen molar-refractivity contribution in [2.24, 2.45) is 0 Å². The molecule has 3 heterocycles. The summed E-state index contributed by atoms with van der Waals surface area (Å²) >= 11 is 0. The number of rotatable bonds is 4. The highest BCUT2D eigenvalue weighted by molar-refractivity contribution is 5.70. The maximum Gasteiger partial charge on any atom is 0.274 e. The smallest absolute Gasteiger partial charge is 0.274 e. The van der Waals surface area contributed by atoms with E-state index < -0.39 is 4.92 Å². The number of hydrogen-bond acceptors (Lipinski definition) is 6. The predicted octanol–water partition coefficient (Wildman–Crippen LogP) is 2.39. The number of hydrogen-bond donors (Lipinski definition) is 1. The van der Waals surface area contributed by atoms with Gasteiger partial charge in [0.2, 0.25) is 0 Å². The zero-order valence-corrected chi connectivity index (χ0v) is 11.1. The molecule has 21 heavy (non-hydrogen) atoms. The van der Waals surface area contributed by atoms with E-state index in [4.69, 9.17) is 4.74 Å². The maximum atomic E-state index is 10.8. The van der Waals surface area contributed by atoms with E-state index in [1.165, 1.54) is 25.4 Å². The fraction of sp³-hybridized carbons (Fsp3) is 0.0769. The first-order valence-corrected chi connectivity index (χ1v) is 6.06.